The SMILES string of the molecule is C[C@H](O)C(=O)N1CCC(Oc2ccc(-c3ccnc(Nc4ccccc4)n3)cc2C#N)C(F)(F)C1. The number of carbonyl (C=O) groups excluding carboxylic acids is 1. The summed E-state index contributed by atoms with van der Waals surface area (Å²) in [5, 5.41) is 22.1. The molecule has 2 atom stereocenters. The Morgan fingerprint density at radius 1 is 1.29 bits per heavy atom. The van der Waals surface area contributed by atoms with E-state index >= 15 is 0 Å². The van der Waals surface area contributed by atoms with Gasteiger partial charge in [0.25, 0.3) is 5.91 Å². The third-order valence-electron chi connectivity index (χ3n) is 5.55. The summed E-state index contributed by atoms with van der Waals surface area (Å²) in [6, 6.07) is 17.7. The number of aliphatic hydroxyl groups is 1. The van der Waals surface area contributed by atoms with E-state index in [4.69, 9.17) is 4.74 Å². The maximum absolute atomic E-state index is 14.7. The Balaban J connectivity index is 1.51. The monoisotopic (exact) mass is 479 g/mol. The van der Waals surface area contributed by atoms with Crippen molar-refractivity contribution < 1.29 is 23.4 Å². The Kier molecular flexibility index (Phi) is 6.89. The lowest BCUT2D eigenvalue weighted by atomic mass is 10.0. The van der Waals surface area contributed by atoms with Gasteiger partial charge in [0.05, 0.1) is 17.8 Å². The van der Waals surface area contributed by atoms with Gasteiger partial charge < -0.3 is 20.1 Å². The molecule has 1 aliphatic rings. The molecule has 1 fully saturated rings. The van der Waals surface area contributed by atoms with E-state index in [0.29, 0.717) is 17.2 Å². The van der Waals surface area contributed by atoms with Crippen molar-refractivity contribution in [1.29, 1.82) is 5.26 Å². The molecule has 8 nitrogen and oxygen atoms in total. The van der Waals surface area contributed by atoms with Crippen molar-refractivity contribution in [2.45, 2.75) is 31.5 Å². The summed E-state index contributed by atoms with van der Waals surface area (Å²) >= 11 is 0. The predicted molar refractivity (Wildman–Crippen MR) is 124 cm³/mol. The molecule has 0 spiro atoms. The average molecular weight is 479 g/mol. The Labute approximate surface area is 200 Å². The van der Waals surface area contributed by atoms with E-state index in [-0.39, 0.29) is 24.3 Å². The van der Waals surface area contributed by atoms with Crippen LogP contribution in [0.25, 0.3) is 11.3 Å². The van der Waals surface area contributed by atoms with Gasteiger partial charge in [-0.2, -0.15) is 5.26 Å². The lowest BCUT2D eigenvalue weighted by Gasteiger charge is -2.38. The number of nitrogens with zero attached hydrogens (tertiary/aromatic N) is 4. The summed E-state index contributed by atoms with van der Waals surface area (Å²) < 4.78 is 35.0. The number of aromatic nitrogens is 2. The zero-order chi connectivity index (χ0) is 25.0. The van der Waals surface area contributed by atoms with Crippen LogP contribution in [0.3, 0.4) is 0 Å². The van der Waals surface area contributed by atoms with E-state index in [2.05, 4.69) is 15.3 Å². The first kappa shape index (κ1) is 24.0. The van der Waals surface area contributed by atoms with Gasteiger partial charge in [-0.05, 0) is 43.3 Å². The number of para-hydroxylation sites is 1. The third-order valence-corrected chi connectivity index (χ3v) is 5.55. The molecule has 1 aliphatic heterocycles. The quantitative estimate of drug-likeness (QED) is 0.554. The minimum Gasteiger partial charge on any atom is -0.483 e. The van der Waals surface area contributed by atoms with Gasteiger partial charge in [0.1, 0.15) is 17.9 Å². The van der Waals surface area contributed by atoms with E-state index in [0.717, 1.165) is 10.6 Å². The fraction of sp³-hybridized carbons (Fsp3) is 0.280. The molecule has 2 heterocycles. The van der Waals surface area contributed by atoms with Crippen molar-refractivity contribution in [1.82, 2.24) is 14.9 Å². The summed E-state index contributed by atoms with van der Waals surface area (Å²) in [6.45, 7) is 0.393. The van der Waals surface area contributed by atoms with Crippen LogP contribution in [0.2, 0.25) is 0 Å². The highest BCUT2D eigenvalue weighted by Crippen LogP contribution is 2.34. The van der Waals surface area contributed by atoms with Crippen LogP contribution in [-0.2, 0) is 4.79 Å². The zero-order valence-electron chi connectivity index (χ0n) is 18.9. The van der Waals surface area contributed by atoms with Crippen LogP contribution in [0.15, 0.2) is 60.8 Å². The molecule has 2 aromatic carbocycles. The molecule has 180 valence electrons. The van der Waals surface area contributed by atoms with Crippen LogP contribution in [0.1, 0.15) is 18.9 Å². The van der Waals surface area contributed by atoms with Gasteiger partial charge >= 0.3 is 5.92 Å². The molecule has 1 aromatic heterocycles. The maximum Gasteiger partial charge on any atom is 0.301 e. The summed E-state index contributed by atoms with van der Waals surface area (Å²) in [7, 11) is 0. The van der Waals surface area contributed by atoms with E-state index < -0.39 is 30.6 Å². The summed E-state index contributed by atoms with van der Waals surface area (Å²) in [4.78, 5) is 21.5. The van der Waals surface area contributed by atoms with Crippen LogP contribution in [0, 0.1) is 11.3 Å². The number of ether oxygens (including phenoxy) is 1. The van der Waals surface area contributed by atoms with Gasteiger partial charge in [-0.3, -0.25) is 4.79 Å². The normalized spacial score (nSPS) is 17.8. The molecular formula is C25H23F2N5O3. The Bertz CT molecular complexity index is 1250. The van der Waals surface area contributed by atoms with Crippen molar-refractivity contribution in [3.05, 3.63) is 66.4 Å². The highest BCUT2D eigenvalue weighted by molar-refractivity contribution is 5.80. The second-order valence-electron chi connectivity index (χ2n) is 8.17. The number of hydrogen-bond acceptors (Lipinski definition) is 7. The molecule has 1 saturated heterocycles. The molecule has 1 amide bonds. The summed E-state index contributed by atoms with van der Waals surface area (Å²) in [6.07, 6.45) is -1.43. The molecule has 0 radical (unpaired) electrons. The molecule has 3 aromatic rings. The maximum atomic E-state index is 14.7. The van der Waals surface area contributed by atoms with Crippen LogP contribution < -0.4 is 10.1 Å². The van der Waals surface area contributed by atoms with E-state index in [1.54, 1.807) is 18.3 Å². The molecule has 1 unspecified atom stereocenters. The molecule has 0 aliphatic carbocycles. The van der Waals surface area contributed by atoms with E-state index in [1.807, 2.05) is 36.4 Å². The summed E-state index contributed by atoms with van der Waals surface area (Å²) in [5.74, 6) is -3.71. The highest BCUT2D eigenvalue weighted by atomic mass is 19.3. The lowest BCUT2D eigenvalue weighted by Crippen LogP contribution is -2.56. The fourth-order valence-corrected chi connectivity index (χ4v) is 3.78. The molecule has 0 bridgehead atoms. The van der Waals surface area contributed by atoms with Crippen molar-refractivity contribution in [2.75, 3.05) is 18.4 Å². The number of likely N-dealkylation sites (tertiary alicyclic amines) is 1. The van der Waals surface area contributed by atoms with Gasteiger partial charge in [0, 0.05) is 30.4 Å². The van der Waals surface area contributed by atoms with Crippen LogP contribution in [0.4, 0.5) is 20.4 Å². The molecule has 2 N–H and O–H groups in total. The van der Waals surface area contributed by atoms with Gasteiger partial charge in [0.15, 0.2) is 6.10 Å². The van der Waals surface area contributed by atoms with Crippen LogP contribution in [0.5, 0.6) is 5.75 Å². The third kappa shape index (κ3) is 5.53. The van der Waals surface area contributed by atoms with Gasteiger partial charge in [-0.25, -0.2) is 18.7 Å². The largest absolute Gasteiger partial charge is 0.483 e. The number of rotatable bonds is 6. The number of anilines is 2. The molecule has 10 heteroatoms. The number of benzene rings is 2. The van der Waals surface area contributed by atoms with Gasteiger partial charge in [-0.1, -0.05) is 18.2 Å². The number of aliphatic hydroxyl groups excluding tert-OH is 1. The Morgan fingerprint density at radius 3 is 2.74 bits per heavy atom. The predicted octanol–water partition coefficient (Wildman–Crippen LogP) is 3.75. The fourth-order valence-electron chi connectivity index (χ4n) is 3.78. The van der Waals surface area contributed by atoms with Crippen molar-refractivity contribution >= 4 is 17.5 Å². The van der Waals surface area contributed by atoms with E-state index in [9.17, 15) is 23.9 Å². The van der Waals surface area contributed by atoms with Crippen molar-refractivity contribution in [3.8, 4) is 23.1 Å². The van der Waals surface area contributed by atoms with Crippen molar-refractivity contribution in [3.63, 3.8) is 0 Å². The highest BCUT2D eigenvalue weighted by Gasteiger charge is 2.48. The van der Waals surface area contributed by atoms with Crippen molar-refractivity contribution in [2.24, 2.45) is 0 Å². The summed E-state index contributed by atoms with van der Waals surface area (Å²) in [5.41, 5.74) is 2.03. The van der Waals surface area contributed by atoms with Gasteiger partial charge in [-0.15, -0.1) is 0 Å². The molecule has 0 saturated carbocycles. The van der Waals surface area contributed by atoms with E-state index in [1.165, 1.54) is 19.1 Å². The Morgan fingerprint density at radius 2 is 2.06 bits per heavy atom. The molecule has 35 heavy (non-hydrogen) atoms. The number of nitriles is 1. The first-order chi connectivity index (χ1) is 16.8. The lowest BCUT2D eigenvalue weighted by molar-refractivity contribution is -0.165. The standard InChI is InChI=1S/C25H23F2N5O3/c1-16(33)23(34)32-12-10-22(25(26,27)15-32)35-21-8-7-17(13-18(21)14-28)20-9-11-29-24(31-20)30-19-5-3-2-4-6-19/h2-9,11,13,16,22,33H,10,12,15H2,1H3,(H,29,30,31)/t16-,22?/m0/s1. The van der Waals surface area contributed by atoms with Gasteiger partial charge in [0.2, 0.25) is 5.95 Å². The molecular weight excluding hydrogens is 456 g/mol. The average Bonchev–Trinajstić information content (AvgIpc) is 2.85. The zero-order valence-corrected chi connectivity index (χ0v) is 18.9. The first-order valence-electron chi connectivity index (χ1n) is 11.0. The second-order valence-corrected chi connectivity index (χ2v) is 8.17. The smallest absolute Gasteiger partial charge is 0.301 e. The molecule has 4 rings (SSSR count). The van der Waals surface area contributed by atoms with Crippen LogP contribution >= 0.6 is 0 Å². The first-order valence-corrected chi connectivity index (χ1v) is 11.0. The number of halogens is 2. The second kappa shape index (κ2) is 10.0. The topological polar surface area (TPSA) is 111 Å². The minimum absolute atomic E-state index is 0.0160. The number of alkyl halides is 2. The number of amides is 1. The number of piperidine rings is 1. The number of hydrogen-bond donors (Lipinski definition) is 2. The Hall–Kier alpha value is -4.10. The number of carbonyl (C=O) groups is 1. The minimum atomic E-state index is -3.35. The van der Waals surface area contributed by atoms with Crippen LogP contribution in [-0.4, -0.2) is 57.1 Å². The number of nitrogens with one attached hydrogen (secondary N) is 1.